The highest BCUT2D eigenvalue weighted by molar-refractivity contribution is 7.09. The second-order valence-corrected chi connectivity index (χ2v) is 6.74. The first-order valence-corrected chi connectivity index (χ1v) is 8.45. The molecule has 0 aromatic carbocycles. The SMILES string of the molecule is Cl.Cl.O=C(C1CCNCC1)N1CCN(Cc2cccs2)CC1. The van der Waals surface area contributed by atoms with Gasteiger partial charge in [-0.1, -0.05) is 6.07 Å². The fraction of sp³-hybridized carbons (Fsp3) is 0.667. The van der Waals surface area contributed by atoms with E-state index in [0.717, 1.165) is 58.7 Å². The number of halogens is 2. The van der Waals surface area contributed by atoms with Gasteiger partial charge in [0.05, 0.1) is 0 Å². The van der Waals surface area contributed by atoms with Crippen LogP contribution < -0.4 is 5.32 Å². The van der Waals surface area contributed by atoms with Crippen LogP contribution in [0.5, 0.6) is 0 Å². The van der Waals surface area contributed by atoms with E-state index in [1.165, 1.54) is 4.88 Å². The van der Waals surface area contributed by atoms with Crippen LogP contribution in [0.1, 0.15) is 17.7 Å². The Morgan fingerprint density at radius 1 is 1.18 bits per heavy atom. The minimum atomic E-state index is 0. The van der Waals surface area contributed by atoms with E-state index < -0.39 is 0 Å². The van der Waals surface area contributed by atoms with Gasteiger partial charge in [-0.05, 0) is 37.4 Å². The number of thiophene rings is 1. The number of nitrogens with one attached hydrogen (secondary N) is 1. The van der Waals surface area contributed by atoms with Crippen molar-refractivity contribution in [3.05, 3.63) is 22.4 Å². The van der Waals surface area contributed by atoms with Gasteiger partial charge in [-0.3, -0.25) is 9.69 Å². The highest BCUT2D eigenvalue weighted by atomic mass is 35.5. The molecule has 3 heterocycles. The number of piperidine rings is 1. The van der Waals surface area contributed by atoms with Gasteiger partial charge in [0.25, 0.3) is 0 Å². The van der Waals surface area contributed by atoms with Crippen molar-refractivity contribution in [2.75, 3.05) is 39.3 Å². The molecule has 126 valence electrons. The Balaban J connectivity index is 0.00000121. The zero-order chi connectivity index (χ0) is 13.8. The summed E-state index contributed by atoms with van der Waals surface area (Å²) in [6.07, 6.45) is 2.02. The van der Waals surface area contributed by atoms with E-state index in [-0.39, 0.29) is 30.7 Å². The average molecular weight is 366 g/mol. The quantitative estimate of drug-likeness (QED) is 0.891. The Bertz CT molecular complexity index is 430. The summed E-state index contributed by atoms with van der Waals surface area (Å²) >= 11 is 1.82. The van der Waals surface area contributed by atoms with Crippen LogP contribution in [0.4, 0.5) is 0 Å². The lowest BCUT2D eigenvalue weighted by Gasteiger charge is -2.37. The van der Waals surface area contributed by atoms with Crippen molar-refractivity contribution in [2.24, 2.45) is 5.92 Å². The molecule has 4 nitrogen and oxygen atoms in total. The molecule has 2 saturated heterocycles. The van der Waals surface area contributed by atoms with Crippen molar-refractivity contribution >= 4 is 42.1 Å². The number of nitrogens with zero attached hydrogens (tertiary/aromatic N) is 2. The molecule has 0 saturated carbocycles. The maximum absolute atomic E-state index is 12.5. The van der Waals surface area contributed by atoms with Gasteiger partial charge in [-0.25, -0.2) is 0 Å². The third-order valence-electron chi connectivity index (χ3n) is 4.33. The molecule has 0 atom stereocenters. The second-order valence-electron chi connectivity index (χ2n) is 5.71. The van der Waals surface area contributed by atoms with Gasteiger partial charge >= 0.3 is 0 Å². The van der Waals surface area contributed by atoms with Crippen molar-refractivity contribution < 1.29 is 4.79 Å². The summed E-state index contributed by atoms with van der Waals surface area (Å²) in [5.41, 5.74) is 0. The van der Waals surface area contributed by atoms with Crippen LogP contribution >= 0.6 is 36.2 Å². The molecule has 1 aromatic heterocycles. The van der Waals surface area contributed by atoms with Crippen molar-refractivity contribution in [2.45, 2.75) is 19.4 Å². The summed E-state index contributed by atoms with van der Waals surface area (Å²) in [5, 5.41) is 5.46. The molecule has 2 fully saturated rings. The van der Waals surface area contributed by atoms with E-state index in [1.54, 1.807) is 0 Å². The van der Waals surface area contributed by atoms with Crippen LogP contribution in [0.15, 0.2) is 17.5 Å². The van der Waals surface area contributed by atoms with Crippen LogP contribution in [0.25, 0.3) is 0 Å². The molecule has 7 heteroatoms. The molecule has 0 radical (unpaired) electrons. The molecule has 0 aliphatic carbocycles. The summed E-state index contributed by atoms with van der Waals surface area (Å²) in [6, 6.07) is 4.30. The molecular weight excluding hydrogens is 341 g/mol. The average Bonchev–Trinajstić information content (AvgIpc) is 3.01. The lowest BCUT2D eigenvalue weighted by atomic mass is 9.96. The molecular formula is C15H25Cl2N3OS. The summed E-state index contributed by atoms with van der Waals surface area (Å²) in [7, 11) is 0. The number of carbonyl (C=O) groups excluding carboxylic acids is 1. The normalized spacial score (nSPS) is 20.1. The monoisotopic (exact) mass is 365 g/mol. The molecule has 22 heavy (non-hydrogen) atoms. The fourth-order valence-electron chi connectivity index (χ4n) is 3.08. The van der Waals surface area contributed by atoms with Crippen molar-refractivity contribution in [3.63, 3.8) is 0 Å². The van der Waals surface area contributed by atoms with E-state index in [4.69, 9.17) is 0 Å². The zero-order valence-electron chi connectivity index (χ0n) is 12.7. The van der Waals surface area contributed by atoms with Crippen LogP contribution in [0.3, 0.4) is 0 Å². The Labute approximate surface area is 149 Å². The van der Waals surface area contributed by atoms with E-state index in [9.17, 15) is 4.79 Å². The van der Waals surface area contributed by atoms with E-state index in [0.29, 0.717) is 5.91 Å². The molecule has 1 aromatic rings. The minimum absolute atomic E-state index is 0. The lowest BCUT2D eigenvalue weighted by Crippen LogP contribution is -2.51. The third kappa shape index (κ3) is 5.10. The van der Waals surface area contributed by atoms with E-state index in [2.05, 4.69) is 32.6 Å². The number of carbonyl (C=O) groups is 1. The molecule has 0 bridgehead atoms. The van der Waals surface area contributed by atoms with Crippen LogP contribution in [0.2, 0.25) is 0 Å². The van der Waals surface area contributed by atoms with Gasteiger partial charge < -0.3 is 10.2 Å². The van der Waals surface area contributed by atoms with Crippen molar-refractivity contribution in [1.29, 1.82) is 0 Å². The first-order valence-electron chi connectivity index (χ1n) is 7.57. The van der Waals surface area contributed by atoms with Gasteiger partial charge in [-0.2, -0.15) is 0 Å². The van der Waals surface area contributed by atoms with E-state index >= 15 is 0 Å². The predicted octanol–water partition coefficient (Wildman–Crippen LogP) is 2.24. The molecule has 2 aliphatic rings. The second kappa shape index (κ2) is 9.73. The molecule has 2 aliphatic heterocycles. The summed E-state index contributed by atoms with van der Waals surface area (Å²) in [4.78, 5) is 18.4. The predicted molar refractivity (Wildman–Crippen MR) is 96.3 cm³/mol. The van der Waals surface area contributed by atoms with Gasteiger partial charge in [0.15, 0.2) is 0 Å². The highest BCUT2D eigenvalue weighted by Gasteiger charge is 2.28. The first-order chi connectivity index (χ1) is 9.83. The number of piperazine rings is 1. The highest BCUT2D eigenvalue weighted by Crippen LogP contribution is 2.18. The van der Waals surface area contributed by atoms with Gasteiger partial charge in [0.1, 0.15) is 0 Å². The van der Waals surface area contributed by atoms with Crippen LogP contribution in [0, 0.1) is 5.92 Å². The summed E-state index contributed by atoms with van der Waals surface area (Å²) in [5.74, 6) is 0.655. The van der Waals surface area contributed by atoms with Crippen LogP contribution in [-0.2, 0) is 11.3 Å². The fourth-order valence-corrected chi connectivity index (χ4v) is 3.82. The largest absolute Gasteiger partial charge is 0.340 e. The third-order valence-corrected chi connectivity index (χ3v) is 5.19. The zero-order valence-corrected chi connectivity index (χ0v) is 15.2. The number of hydrogen-bond acceptors (Lipinski definition) is 4. The topological polar surface area (TPSA) is 35.6 Å². The van der Waals surface area contributed by atoms with Crippen LogP contribution in [-0.4, -0.2) is 55.0 Å². The Kier molecular flexibility index (Phi) is 8.72. The molecule has 1 N–H and O–H groups in total. The number of rotatable bonds is 3. The van der Waals surface area contributed by atoms with Crippen molar-refractivity contribution in [1.82, 2.24) is 15.1 Å². The smallest absolute Gasteiger partial charge is 0.225 e. The molecule has 1 amide bonds. The standard InChI is InChI=1S/C15H23N3OS.2ClH/c19-15(13-3-5-16-6-4-13)18-9-7-17(8-10-18)12-14-2-1-11-20-14;;/h1-2,11,13,16H,3-10,12H2;2*1H. The minimum Gasteiger partial charge on any atom is -0.340 e. The molecule has 0 spiro atoms. The molecule has 0 unspecified atom stereocenters. The van der Waals surface area contributed by atoms with Crippen molar-refractivity contribution in [3.8, 4) is 0 Å². The Morgan fingerprint density at radius 2 is 1.86 bits per heavy atom. The molecule has 3 rings (SSSR count). The first kappa shape index (κ1) is 19.7. The maximum atomic E-state index is 12.5. The van der Waals surface area contributed by atoms with E-state index in [1.807, 2.05) is 11.3 Å². The van der Waals surface area contributed by atoms with Gasteiger partial charge in [0.2, 0.25) is 5.91 Å². The van der Waals surface area contributed by atoms with Gasteiger partial charge in [0, 0.05) is 43.5 Å². The number of hydrogen-bond donors (Lipinski definition) is 1. The van der Waals surface area contributed by atoms with Gasteiger partial charge in [-0.15, -0.1) is 36.2 Å². The number of amides is 1. The maximum Gasteiger partial charge on any atom is 0.225 e. The summed E-state index contributed by atoms with van der Waals surface area (Å²) < 4.78 is 0. The lowest BCUT2D eigenvalue weighted by molar-refractivity contribution is -0.138. The Morgan fingerprint density at radius 3 is 2.45 bits per heavy atom. The summed E-state index contributed by atoms with van der Waals surface area (Å²) in [6.45, 7) is 6.84. The Hall–Kier alpha value is -0.330.